The van der Waals surface area contributed by atoms with E-state index in [0.29, 0.717) is 6.42 Å². The Hall–Kier alpha value is -1.20. The minimum absolute atomic E-state index is 0.181. The molecule has 0 fully saturated rings. The van der Waals surface area contributed by atoms with Gasteiger partial charge in [0, 0.05) is 6.42 Å². The van der Waals surface area contributed by atoms with Gasteiger partial charge >= 0.3 is 11.9 Å². The average molecular weight is 359 g/mol. The van der Waals surface area contributed by atoms with E-state index in [9.17, 15) is 9.59 Å². The Labute approximate surface area is 153 Å². The van der Waals surface area contributed by atoms with Gasteiger partial charge in [-0.25, -0.2) is 4.79 Å². The van der Waals surface area contributed by atoms with E-state index in [-0.39, 0.29) is 6.42 Å². The van der Waals surface area contributed by atoms with Crippen LogP contribution in [0, 0.1) is 0 Å². The predicted molar refractivity (Wildman–Crippen MR) is 101 cm³/mol. The highest BCUT2D eigenvalue weighted by Crippen LogP contribution is 2.12. The summed E-state index contributed by atoms with van der Waals surface area (Å²) in [5, 5.41) is 17.5. The van der Waals surface area contributed by atoms with Gasteiger partial charge in [0.05, 0.1) is 6.61 Å². The summed E-state index contributed by atoms with van der Waals surface area (Å²) in [6.45, 7) is 6.74. The molecule has 0 saturated heterocycles. The molecule has 0 amide bonds. The smallest absolute Gasteiger partial charge is 0.345 e. The highest BCUT2D eigenvalue weighted by Gasteiger charge is 2.18. The zero-order valence-electron chi connectivity index (χ0n) is 16.2. The monoisotopic (exact) mass is 358 g/mol. The number of aliphatic hydroxyl groups is 2. The summed E-state index contributed by atoms with van der Waals surface area (Å²) in [6.07, 6.45) is 13.4. The van der Waals surface area contributed by atoms with Crippen LogP contribution in [0.5, 0.6) is 0 Å². The molecule has 25 heavy (non-hydrogen) atoms. The average Bonchev–Trinajstić information content (AvgIpc) is 2.59. The van der Waals surface area contributed by atoms with E-state index in [4.69, 9.17) is 10.2 Å². The van der Waals surface area contributed by atoms with Gasteiger partial charge in [-0.3, -0.25) is 4.79 Å². The third kappa shape index (κ3) is 20.8. The van der Waals surface area contributed by atoms with Crippen molar-refractivity contribution in [2.24, 2.45) is 0 Å². The molecular formula is C20H38O5. The molecule has 0 aromatic carbocycles. The Morgan fingerprint density at radius 2 is 1.36 bits per heavy atom. The van der Waals surface area contributed by atoms with Gasteiger partial charge in [0.2, 0.25) is 0 Å². The largest absolute Gasteiger partial charge is 0.393 e. The first-order valence-electron chi connectivity index (χ1n) is 9.63. The molecular weight excluding hydrogens is 320 g/mol. The molecule has 2 N–H and O–H groups in total. The van der Waals surface area contributed by atoms with Crippen molar-refractivity contribution in [3.05, 3.63) is 12.7 Å². The van der Waals surface area contributed by atoms with Crippen LogP contribution in [0.2, 0.25) is 0 Å². The zero-order valence-corrected chi connectivity index (χ0v) is 16.2. The van der Waals surface area contributed by atoms with Crippen molar-refractivity contribution >= 4 is 11.9 Å². The number of esters is 2. The van der Waals surface area contributed by atoms with Gasteiger partial charge in [-0.05, 0) is 13.3 Å². The molecule has 148 valence electrons. The first kappa shape index (κ1) is 26.0. The van der Waals surface area contributed by atoms with Crippen molar-refractivity contribution in [1.82, 2.24) is 0 Å². The summed E-state index contributed by atoms with van der Waals surface area (Å²) in [5.74, 6) is -1.70. The first-order chi connectivity index (χ1) is 12.0. The second-order valence-corrected chi connectivity index (χ2v) is 6.19. The van der Waals surface area contributed by atoms with Gasteiger partial charge < -0.3 is 14.9 Å². The van der Waals surface area contributed by atoms with Crippen LogP contribution in [0.3, 0.4) is 0 Å². The van der Waals surface area contributed by atoms with E-state index in [1.807, 2.05) is 6.92 Å². The maximum absolute atomic E-state index is 11.3. The quantitative estimate of drug-likeness (QED) is 0.209. The normalized spacial score (nSPS) is 11.2. The lowest BCUT2D eigenvalue weighted by molar-refractivity contribution is -0.167. The summed E-state index contributed by atoms with van der Waals surface area (Å²) in [5.41, 5.74) is 0. The summed E-state index contributed by atoms with van der Waals surface area (Å²) in [7, 11) is 0. The van der Waals surface area contributed by atoms with Gasteiger partial charge in [0.15, 0.2) is 6.10 Å². The number of aliphatic hydroxyl groups excluding tert-OH is 2. The van der Waals surface area contributed by atoms with Crippen molar-refractivity contribution in [2.45, 2.75) is 97.0 Å². The van der Waals surface area contributed by atoms with Crippen LogP contribution < -0.4 is 0 Å². The van der Waals surface area contributed by atoms with Crippen LogP contribution in [0.4, 0.5) is 0 Å². The molecule has 1 unspecified atom stereocenters. The molecule has 0 radical (unpaired) electrons. The predicted octanol–water partition coefficient (Wildman–Crippen LogP) is 4.30. The Morgan fingerprint density at radius 3 is 1.76 bits per heavy atom. The molecule has 0 bridgehead atoms. The van der Waals surface area contributed by atoms with Crippen LogP contribution in [0.1, 0.15) is 90.9 Å². The molecule has 0 heterocycles. The highest BCUT2D eigenvalue weighted by molar-refractivity contribution is 5.87. The minimum Gasteiger partial charge on any atom is -0.393 e. The fraction of sp³-hybridized carbons (Fsp3) is 0.800. The summed E-state index contributed by atoms with van der Waals surface area (Å²) < 4.78 is 4.41. The second kappa shape index (κ2) is 20.8. The van der Waals surface area contributed by atoms with Crippen LogP contribution in [0.25, 0.3) is 0 Å². The topological polar surface area (TPSA) is 83.8 Å². The molecule has 0 aliphatic heterocycles. The van der Waals surface area contributed by atoms with E-state index < -0.39 is 24.6 Å². The molecule has 0 saturated carbocycles. The second-order valence-electron chi connectivity index (χ2n) is 6.19. The number of carbonyl (C=O) groups is 2. The lowest BCUT2D eigenvalue weighted by atomic mass is 10.1. The van der Waals surface area contributed by atoms with E-state index >= 15 is 0 Å². The van der Waals surface area contributed by atoms with E-state index in [1.165, 1.54) is 51.4 Å². The molecule has 0 aromatic heterocycles. The highest BCUT2D eigenvalue weighted by atomic mass is 16.6. The standard InChI is InChI=1S/C17H32O5.C3H6/c1-2-3-4-5-6-7-8-9-10-11-12-13-16(20)22-17(21)15(19)14-18;1-3-2/h15,18-19H,2-14H2,1H3;3H,1H2,2H3. The van der Waals surface area contributed by atoms with Crippen molar-refractivity contribution in [2.75, 3.05) is 6.61 Å². The van der Waals surface area contributed by atoms with E-state index in [1.54, 1.807) is 6.08 Å². The molecule has 5 heteroatoms. The van der Waals surface area contributed by atoms with Gasteiger partial charge in [-0.1, -0.05) is 77.2 Å². The molecule has 1 atom stereocenters. The number of unbranched alkanes of at least 4 members (excludes halogenated alkanes) is 10. The fourth-order valence-corrected chi connectivity index (χ4v) is 2.24. The molecule has 0 rings (SSSR count). The van der Waals surface area contributed by atoms with Gasteiger partial charge in [0.1, 0.15) is 0 Å². The van der Waals surface area contributed by atoms with Gasteiger partial charge in [-0.15, -0.1) is 6.58 Å². The summed E-state index contributed by atoms with van der Waals surface area (Å²) >= 11 is 0. The lowest BCUT2D eigenvalue weighted by Gasteiger charge is -2.06. The number of carbonyl (C=O) groups excluding carboxylic acids is 2. The molecule has 0 aliphatic rings. The first-order valence-corrected chi connectivity index (χ1v) is 9.63. The van der Waals surface area contributed by atoms with Crippen LogP contribution >= 0.6 is 0 Å². The van der Waals surface area contributed by atoms with Crippen LogP contribution in [0.15, 0.2) is 12.7 Å². The number of rotatable bonds is 14. The van der Waals surface area contributed by atoms with Crippen LogP contribution in [-0.2, 0) is 14.3 Å². The Bertz CT molecular complexity index is 328. The molecule has 0 aliphatic carbocycles. The number of ether oxygens (including phenoxy) is 1. The molecule has 0 spiro atoms. The van der Waals surface area contributed by atoms with E-state index in [2.05, 4.69) is 18.2 Å². The third-order valence-corrected chi connectivity index (χ3v) is 3.64. The Kier molecular flexibility index (Phi) is 21.7. The fourth-order valence-electron chi connectivity index (χ4n) is 2.24. The maximum atomic E-state index is 11.3. The molecule has 5 nitrogen and oxygen atoms in total. The Morgan fingerprint density at radius 1 is 0.960 bits per heavy atom. The van der Waals surface area contributed by atoms with Crippen molar-refractivity contribution in [1.29, 1.82) is 0 Å². The van der Waals surface area contributed by atoms with Gasteiger partial charge in [0.25, 0.3) is 0 Å². The van der Waals surface area contributed by atoms with Crippen LogP contribution in [-0.4, -0.2) is 34.9 Å². The Balaban J connectivity index is 0. The number of allylic oxidation sites excluding steroid dienone is 1. The number of hydrogen-bond acceptors (Lipinski definition) is 5. The third-order valence-electron chi connectivity index (χ3n) is 3.64. The minimum atomic E-state index is -1.62. The maximum Gasteiger partial charge on any atom is 0.345 e. The van der Waals surface area contributed by atoms with Gasteiger partial charge in [-0.2, -0.15) is 0 Å². The summed E-state index contributed by atoms with van der Waals surface area (Å²) in [6, 6.07) is 0. The van der Waals surface area contributed by atoms with Crippen molar-refractivity contribution < 1.29 is 24.5 Å². The summed E-state index contributed by atoms with van der Waals surface area (Å²) in [4.78, 5) is 22.3. The number of hydrogen-bond donors (Lipinski definition) is 2. The zero-order chi connectivity index (χ0) is 19.3. The molecule has 0 aromatic rings. The van der Waals surface area contributed by atoms with E-state index in [0.717, 1.165) is 12.8 Å². The SMILES string of the molecule is C=CC.CCCCCCCCCCCCCC(=O)OC(=O)C(O)CO. The van der Waals surface area contributed by atoms with Crippen molar-refractivity contribution in [3.63, 3.8) is 0 Å². The lowest BCUT2D eigenvalue weighted by Crippen LogP contribution is -2.28. The van der Waals surface area contributed by atoms with Crippen molar-refractivity contribution in [3.8, 4) is 0 Å².